The minimum absolute atomic E-state index is 0.213. The number of rotatable bonds is 5. The SMILES string of the molecule is CCCNC(c1cn(C)nc1C)C1CCOC2(CCC2)C1. The van der Waals surface area contributed by atoms with E-state index in [4.69, 9.17) is 4.74 Å². The molecular weight excluding hydrogens is 262 g/mol. The maximum atomic E-state index is 6.11. The maximum Gasteiger partial charge on any atom is 0.0686 e. The molecule has 2 aliphatic rings. The van der Waals surface area contributed by atoms with Crippen molar-refractivity contribution in [2.45, 2.75) is 64.0 Å². The highest BCUT2D eigenvalue weighted by molar-refractivity contribution is 5.21. The lowest BCUT2D eigenvalue weighted by molar-refractivity contribution is -0.147. The van der Waals surface area contributed by atoms with Crippen LogP contribution in [0.4, 0.5) is 0 Å². The van der Waals surface area contributed by atoms with Gasteiger partial charge in [0.05, 0.1) is 11.3 Å². The van der Waals surface area contributed by atoms with Crippen LogP contribution in [0.5, 0.6) is 0 Å². The molecule has 0 aromatic carbocycles. The van der Waals surface area contributed by atoms with Crippen molar-refractivity contribution in [3.8, 4) is 0 Å². The largest absolute Gasteiger partial charge is 0.375 e. The van der Waals surface area contributed by atoms with Crippen LogP contribution in [0.1, 0.15) is 62.7 Å². The van der Waals surface area contributed by atoms with Crippen molar-refractivity contribution in [3.05, 3.63) is 17.5 Å². The van der Waals surface area contributed by atoms with Crippen molar-refractivity contribution in [3.63, 3.8) is 0 Å². The fourth-order valence-electron chi connectivity index (χ4n) is 4.02. The zero-order valence-electron chi connectivity index (χ0n) is 13.7. The molecule has 1 saturated heterocycles. The minimum Gasteiger partial charge on any atom is -0.375 e. The van der Waals surface area contributed by atoms with Gasteiger partial charge in [0.15, 0.2) is 0 Å². The van der Waals surface area contributed by atoms with Crippen molar-refractivity contribution in [2.75, 3.05) is 13.2 Å². The van der Waals surface area contributed by atoms with E-state index in [2.05, 4.69) is 30.5 Å². The van der Waals surface area contributed by atoms with Gasteiger partial charge in [-0.25, -0.2) is 0 Å². The zero-order valence-corrected chi connectivity index (χ0v) is 13.7. The average molecular weight is 291 g/mol. The van der Waals surface area contributed by atoms with E-state index in [1.54, 1.807) is 0 Å². The highest BCUT2D eigenvalue weighted by Gasteiger charge is 2.44. The molecule has 3 rings (SSSR count). The molecule has 1 aliphatic carbocycles. The molecule has 2 atom stereocenters. The third-order valence-electron chi connectivity index (χ3n) is 5.27. The van der Waals surface area contributed by atoms with Gasteiger partial charge in [-0.05, 0) is 57.9 Å². The second-order valence-corrected chi connectivity index (χ2v) is 6.91. The van der Waals surface area contributed by atoms with E-state index in [0.29, 0.717) is 12.0 Å². The summed E-state index contributed by atoms with van der Waals surface area (Å²) >= 11 is 0. The standard InChI is InChI=1S/C17H29N3O/c1-4-9-18-16(15-12-20(3)19-13(15)2)14-6-10-21-17(11-14)7-5-8-17/h12,14,16,18H,4-11H2,1-3H3. The summed E-state index contributed by atoms with van der Waals surface area (Å²) in [4.78, 5) is 0. The van der Waals surface area contributed by atoms with Crippen LogP contribution >= 0.6 is 0 Å². The molecule has 1 N–H and O–H groups in total. The summed E-state index contributed by atoms with van der Waals surface area (Å²) in [5.74, 6) is 0.675. The van der Waals surface area contributed by atoms with Crippen LogP contribution in [0.25, 0.3) is 0 Å². The number of hydrogen-bond donors (Lipinski definition) is 1. The first-order chi connectivity index (χ1) is 10.1. The Kier molecular flexibility index (Phi) is 4.36. The molecule has 0 radical (unpaired) electrons. The van der Waals surface area contributed by atoms with Gasteiger partial charge in [-0.2, -0.15) is 5.10 Å². The lowest BCUT2D eigenvalue weighted by atomic mass is 9.69. The summed E-state index contributed by atoms with van der Waals surface area (Å²) in [6, 6.07) is 0.431. The molecule has 4 heteroatoms. The highest BCUT2D eigenvalue weighted by atomic mass is 16.5. The quantitative estimate of drug-likeness (QED) is 0.906. The van der Waals surface area contributed by atoms with Crippen molar-refractivity contribution in [2.24, 2.45) is 13.0 Å². The number of aryl methyl sites for hydroxylation is 2. The number of nitrogens with one attached hydrogen (secondary N) is 1. The van der Waals surface area contributed by atoms with Gasteiger partial charge < -0.3 is 10.1 Å². The van der Waals surface area contributed by atoms with Gasteiger partial charge >= 0.3 is 0 Å². The lowest BCUT2D eigenvalue weighted by Crippen LogP contribution is -2.48. The summed E-state index contributed by atoms with van der Waals surface area (Å²) in [6.45, 7) is 6.36. The second-order valence-electron chi connectivity index (χ2n) is 6.91. The van der Waals surface area contributed by atoms with Crippen LogP contribution in [0.15, 0.2) is 6.20 Å². The number of nitrogens with zero attached hydrogens (tertiary/aromatic N) is 2. The Morgan fingerprint density at radius 1 is 1.52 bits per heavy atom. The second kappa shape index (κ2) is 6.09. The highest BCUT2D eigenvalue weighted by Crippen LogP contribution is 2.47. The van der Waals surface area contributed by atoms with E-state index in [1.165, 1.54) is 43.4 Å². The fraction of sp³-hybridized carbons (Fsp3) is 0.824. The monoisotopic (exact) mass is 291 g/mol. The number of ether oxygens (including phenoxy) is 1. The molecule has 0 bridgehead atoms. The molecule has 2 heterocycles. The summed E-state index contributed by atoms with van der Waals surface area (Å²) in [5.41, 5.74) is 2.76. The van der Waals surface area contributed by atoms with E-state index in [9.17, 15) is 0 Å². The van der Waals surface area contributed by atoms with Crippen LogP contribution in [0.2, 0.25) is 0 Å². The molecular formula is C17H29N3O. The Balaban J connectivity index is 1.79. The molecule has 1 saturated carbocycles. The van der Waals surface area contributed by atoms with E-state index < -0.39 is 0 Å². The molecule has 1 aromatic heterocycles. The van der Waals surface area contributed by atoms with Crippen molar-refractivity contribution < 1.29 is 4.74 Å². The summed E-state index contributed by atoms with van der Waals surface area (Å²) < 4.78 is 8.06. The predicted molar refractivity (Wildman–Crippen MR) is 84.2 cm³/mol. The van der Waals surface area contributed by atoms with Crippen molar-refractivity contribution >= 4 is 0 Å². The first kappa shape index (κ1) is 15.0. The smallest absolute Gasteiger partial charge is 0.0686 e. The van der Waals surface area contributed by atoms with Crippen LogP contribution in [-0.4, -0.2) is 28.5 Å². The molecule has 1 aromatic rings. The molecule has 4 nitrogen and oxygen atoms in total. The van der Waals surface area contributed by atoms with Crippen LogP contribution < -0.4 is 5.32 Å². The Labute approximate surface area is 128 Å². The van der Waals surface area contributed by atoms with E-state index in [1.807, 2.05) is 11.7 Å². The van der Waals surface area contributed by atoms with Gasteiger partial charge in [-0.3, -0.25) is 4.68 Å². The lowest BCUT2D eigenvalue weighted by Gasteiger charge is -2.49. The number of hydrogen-bond acceptors (Lipinski definition) is 3. The third kappa shape index (κ3) is 3.02. The van der Waals surface area contributed by atoms with Gasteiger partial charge in [0.25, 0.3) is 0 Å². The molecule has 1 spiro atoms. The molecule has 0 amide bonds. The zero-order chi connectivity index (χ0) is 14.9. The first-order valence-corrected chi connectivity index (χ1v) is 8.51. The molecule has 21 heavy (non-hydrogen) atoms. The fourth-order valence-corrected chi connectivity index (χ4v) is 4.02. The summed E-state index contributed by atoms with van der Waals surface area (Å²) in [5, 5.41) is 8.34. The van der Waals surface area contributed by atoms with Gasteiger partial charge in [0.2, 0.25) is 0 Å². The molecule has 118 valence electrons. The van der Waals surface area contributed by atoms with E-state index in [0.717, 1.165) is 19.6 Å². The van der Waals surface area contributed by atoms with Gasteiger partial charge in [0, 0.05) is 31.5 Å². The van der Waals surface area contributed by atoms with Crippen LogP contribution in [0, 0.1) is 12.8 Å². The Hall–Kier alpha value is -0.870. The summed E-state index contributed by atoms with van der Waals surface area (Å²) in [7, 11) is 2.02. The molecule has 1 aliphatic heterocycles. The molecule has 2 fully saturated rings. The number of aromatic nitrogens is 2. The average Bonchev–Trinajstić information content (AvgIpc) is 2.77. The third-order valence-corrected chi connectivity index (χ3v) is 5.27. The van der Waals surface area contributed by atoms with Gasteiger partial charge in [-0.1, -0.05) is 6.92 Å². The van der Waals surface area contributed by atoms with Gasteiger partial charge in [0.1, 0.15) is 0 Å². The normalized spacial score (nSPS) is 25.8. The summed E-state index contributed by atoms with van der Waals surface area (Å²) in [6.07, 6.45) is 9.60. The van der Waals surface area contributed by atoms with Crippen molar-refractivity contribution in [1.29, 1.82) is 0 Å². The van der Waals surface area contributed by atoms with Crippen LogP contribution in [0.3, 0.4) is 0 Å². The van der Waals surface area contributed by atoms with Crippen LogP contribution in [-0.2, 0) is 11.8 Å². The van der Waals surface area contributed by atoms with E-state index >= 15 is 0 Å². The van der Waals surface area contributed by atoms with Gasteiger partial charge in [-0.15, -0.1) is 0 Å². The predicted octanol–water partition coefficient (Wildman–Crippen LogP) is 3.12. The topological polar surface area (TPSA) is 39.1 Å². The first-order valence-electron chi connectivity index (χ1n) is 8.51. The Bertz CT molecular complexity index is 478. The minimum atomic E-state index is 0.213. The van der Waals surface area contributed by atoms with Crippen molar-refractivity contribution in [1.82, 2.24) is 15.1 Å². The Morgan fingerprint density at radius 3 is 2.90 bits per heavy atom. The Morgan fingerprint density at radius 2 is 2.33 bits per heavy atom. The maximum absolute atomic E-state index is 6.11. The van der Waals surface area contributed by atoms with E-state index in [-0.39, 0.29) is 5.60 Å². The molecule has 2 unspecified atom stereocenters.